The topological polar surface area (TPSA) is 17.1 Å². The van der Waals surface area contributed by atoms with Gasteiger partial charge in [0.05, 0.1) is 0 Å². The Bertz CT molecular complexity index is 286. The molecule has 0 N–H and O–H groups in total. The summed E-state index contributed by atoms with van der Waals surface area (Å²) < 4.78 is 12.9. The molecule has 64 valence electrons. The van der Waals surface area contributed by atoms with Crippen LogP contribution in [0, 0.1) is 5.82 Å². The minimum absolute atomic E-state index is 0.0138. The van der Waals surface area contributed by atoms with Gasteiger partial charge in [0.15, 0.2) is 5.12 Å². The van der Waals surface area contributed by atoms with Crippen molar-refractivity contribution in [1.29, 1.82) is 0 Å². The molecule has 0 fully saturated rings. The second-order valence-corrected chi connectivity index (χ2v) is 3.21. The van der Waals surface area contributed by atoms with Gasteiger partial charge in [-0.25, -0.2) is 4.39 Å². The molecule has 0 amide bonds. The van der Waals surface area contributed by atoms with Gasteiger partial charge in [-0.05, 0) is 17.9 Å². The number of thioether (sulfide) groups is 1. The summed E-state index contributed by atoms with van der Waals surface area (Å²) in [5, 5.41) is -0.0138. The Labute approximate surface area is 75.0 Å². The molecule has 1 nitrogen and oxygen atoms in total. The average molecular weight is 184 g/mol. The molecular formula is C9H9FOS. The molecule has 0 aliphatic heterocycles. The minimum atomic E-state index is -0.306. The van der Waals surface area contributed by atoms with Gasteiger partial charge in [0.1, 0.15) is 5.82 Å². The fourth-order valence-electron chi connectivity index (χ4n) is 0.869. The van der Waals surface area contributed by atoms with E-state index in [0.717, 1.165) is 11.8 Å². The van der Waals surface area contributed by atoms with E-state index in [-0.39, 0.29) is 17.4 Å². The van der Waals surface area contributed by atoms with E-state index in [0.29, 0.717) is 5.56 Å². The first kappa shape index (κ1) is 9.26. The highest BCUT2D eigenvalue weighted by Crippen LogP contribution is 2.10. The van der Waals surface area contributed by atoms with E-state index in [1.807, 2.05) is 0 Å². The van der Waals surface area contributed by atoms with Crippen LogP contribution >= 0.6 is 11.8 Å². The monoisotopic (exact) mass is 184 g/mol. The molecule has 0 saturated carbocycles. The lowest BCUT2D eigenvalue weighted by Crippen LogP contribution is -1.98. The van der Waals surface area contributed by atoms with E-state index in [4.69, 9.17) is 0 Å². The Morgan fingerprint density at radius 2 is 2.17 bits per heavy atom. The normalized spacial score (nSPS) is 9.83. The summed E-state index contributed by atoms with van der Waals surface area (Å²) in [6, 6.07) is 6.33. The van der Waals surface area contributed by atoms with E-state index < -0.39 is 0 Å². The summed E-state index contributed by atoms with van der Waals surface area (Å²) in [5.74, 6) is -0.306. The van der Waals surface area contributed by atoms with Crippen LogP contribution in [-0.4, -0.2) is 11.4 Å². The fraction of sp³-hybridized carbons (Fsp3) is 0.222. The van der Waals surface area contributed by atoms with E-state index in [1.165, 1.54) is 6.07 Å². The third-order valence-electron chi connectivity index (χ3n) is 1.52. The predicted molar refractivity (Wildman–Crippen MR) is 48.6 cm³/mol. The highest BCUT2D eigenvalue weighted by Gasteiger charge is 2.05. The van der Waals surface area contributed by atoms with Crippen molar-refractivity contribution in [3.63, 3.8) is 0 Å². The third kappa shape index (κ3) is 2.34. The minimum Gasteiger partial charge on any atom is -0.287 e. The van der Waals surface area contributed by atoms with E-state index >= 15 is 0 Å². The van der Waals surface area contributed by atoms with Crippen LogP contribution in [0.1, 0.15) is 5.56 Å². The molecule has 0 heterocycles. The second kappa shape index (κ2) is 4.26. The number of halogens is 1. The third-order valence-corrected chi connectivity index (χ3v) is 2.12. The summed E-state index contributed by atoms with van der Waals surface area (Å²) in [6.07, 6.45) is 1.87. The van der Waals surface area contributed by atoms with Crippen LogP contribution in [0.4, 0.5) is 4.39 Å². The molecular weight excluding hydrogens is 175 g/mol. The molecule has 0 unspecified atom stereocenters. The molecule has 1 aromatic carbocycles. The molecule has 0 aromatic heterocycles. The quantitative estimate of drug-likeness (QED) is 0.701. The Hall–Kier alpha value is -0.830. The fourth-order valence-corrected chi connectivity index (χ4v) is 1.17. The van der Waals surface area contributed by atoms with Crippen molar-refractivity contribution in [2.75, 3.05) is 6.26 Å². The van der Waals surface area contributed by atoms with Crippen LogP contribution in [-0.2, 0) is 11.2 Å². The first-order chi connectivity index (χ1) is 5.74. The van der Waals surface area contributed by atoms with Crippen LogP contribution in [0.25, 0.3) is 0 Å². The Balaban J connectivity index is 2.75. The van der Waals surface area contributed by atoms with Gasteiger partial charge in [-0.15, -0.1) is 0 Å². The van der Waals surface area contributed by atoms with Gasteiger partial charge >= 0.3 is 0 Å². The van der Waals surface area contributed by atoms with Crippen molar-refractivity contribution in [3.8, 4) is 0 Å². The molecule has 0 bridgehead atoms. The lowest BCUT2D eigenvalue weighted by molar-refractivity contribution is -0.110. The van der Waals surface area contributed by atoms with Crippen molar-refractivity contribution >= 4 is 16.9 Å². The Kier molecular flexibility index (Phi) is 3.29. The predicted octanol–water partition coefficient (Wildman–Crippen LogP) is 2.26. The number of hydrogen-bond acceptors (Lipinski definition) is 2. The smallest absolute Gasteiger partial charge is 0.193 e. The molecule has 0 atom stereocenters. The zero-order valence-electron chi connectivity index (χ0n) is 6.71. The SMILES string of the molecule is CSC(=O)Cc1ccccc1F. The van der Waals surface area contributed by atoms with Crippen molar-refractivity contribution in [1.82, 2.24) is 0 Å². The molecule has 0 spiro atoms. The number of benzene rings is 1. The number of hydrogen-bond donors (Lipinski definition) is 0. The molecule has 0 aliphatic rings. The molecule has 0 radical (unpaired) electrons. The van der Waals surface area contributed by atoms with Gasteiger partial charge in [0.25, 0.3) is 0 Å². The van der Waals surface area contributed by atoms with Crippen LogP contribution in [0.2, 0.25) is 0 Å². The van der Waals surface area contributed by atoms with Gasteiger partial charge in [0, 0.05) is 6.42 Å². The summed E-state index contributed by atoms with van der Waals surface area (Å²) in [6.45, 7) is 0. The van der Waals surface area contributed by atoms with Crippen molar-refractivity contribution in [3.05, 3.63) is 35.6 Å². The number of carbonyl (C=O) groups is 1. The highest BCUT2D eigenvalue weighted by atomic mass is 32.2. The summed E-state index contributed by atoms with van der Waals surface area (Å²) in [7, 11) is 0. The Morgan fingerprint density at radius 3 is 2.75 bits per heavy atom. The first-order valence-electron chi connectivity index (χ1n) is 3.54. The van der Waals surface area contributed by atoms with Crippen molar-refractivity contribution < 1.29 is 9.18 Å². The first-order valence-corrected chi connectivity index (χ1v) is 4.76. The molecule has 1 aromatic rings. The maximum absolute atomic E-state index is 12.9. The highest BCUT2D eigenvalue weighted by molar-refractivity contribution is 8.13. The number of carbonyl (C=O) groups excluding carboxylic acids is 1. The van der Waals surface area contributed by atoms with Crippen LogP contribution in [0.15, 0.2) is 24.3 Å². The Morgan fingerprint density at radius 1 is 1.50 bits per heavy atom. The largest absolute Gasteiger partial charge is 0.287 e. The second-order valence-electron chi connectivity index (χ2n) is 2.34. The van der Waals surface area contributed by atoms with Crippen LogP contribution in [0.3, 0.4) is 0 Å². The van der Waals surface area contributed by atoms with E-state index in [9.17, 15) is 9.18 Å². The maximum Gasteiger partial charge on any atom is 0.193 e. The van der Waals surface area contributed by atoms with E-state index in [1.54, 1.807) is 24.5 Å². The number of rotatable bonds is 2. The molecule has 3 heteroatoms. The van der Waals surface area contributed by atoms with Crippen LogP contribution in [0.5, 0.6) is 0 Å². The maximum atomic E-state index is 12.9. The van der Waals surface area contributed by atoms with Crippen LogP contribution < -0.4 is 0 Å². The molecule has 1 rings (SSSR count). The average Bonchev–Trinajstić information content (AvgIpc) is 2.09. The summed E-state index contributed by atoms with van der Waals surface area (Å²) in [5.41, 5.74) is 0.469. The lowest BCUT2D eigenvalue weighted by Gasteiger charge is -1.98. The van der Waals surface area contributed by atoms with Gasteiger partial charge < -0.3 is 0 Å². The van der Waals surface area contributed by atoms with Gasteiger partial charge in [0.2, 0.25) is 0 Å². The van der Waals surface area contributed by atoms with Crippen molar-refractivity contribution in [2.45, 2.75) is 6.42 Å². The molecule has 12 heavy (non-hydrogen) atoms. The standard InChI is InChI=1S/C9H9FOS/c1-12-9(11)6-7-4-2-3-5-8(7)10/h2-5H,6H2,1H3. The summed E-state index contributed by atoms with van der Waals surface area (Å²) in [4.78, 5) is 10.9. The van der Waals surface area contributed by atoms with Crippen molar-refractivity contribution in [2.24, 2.45) is 0 Å². The van der Waals surface area contributed by atoms with Gasteiger partial charge in [-0.1, -0.05) is 30.0 Å². The van der Waals surface area contributed by atoms with Gasteiger partial charge in [-0.2, -0.15) is 0 Å². The zero-order valence-corrected chi connectivity index (χ0v) is 7.53. The molecule has 0 aliphatic carbocycles. The molecule has 0 saturated heterocycles. The zero-order chi connectivity index (χ0) is 8.97. The summed E-state index contributed by atoms with van der Waals surface area (Å²) >= 11 is 1.12. The van der Waals surface area contributed by atoms with Gasteiger partial charge in [-0.3, -0.25) is 4.79 Å². The lowest BCUT2D eigenvalue weighted by atomic mass is 10.1. The van der Waals surface area contributed by atoms with E-state index in [2.05, 4.69) is 0 Å².